The molecule has 0 radical (unpaired) electrons. The first kappa shape index (κ1) is 6.41. The molecule has 1 aliphatic heterocycles. The first-order valence-corrected chi connectivity index (χ1v) is 3.19. The lowest BCUT2D eigenvalue weighted by molar-refractivity contribution is -0.136. The predicted molar refractivity (Wildman–Crippen MR) is 32.7 cm³/mol. The minimum absolute atomic E-state index is 0.00222. The number of ether oxygens (including phenoxy) is 1. The van der Waals surface area contributed by atoms with Crippen LogP contribution >= 0.6 is 11.8 Å². The van der Waals surface area contributed by atoms with Crippen LogP contribution in [-0.4, -0.2) is 28.2 Å². The molecule has 2 N–H and O–H groups in total. The van der Waals surface area contributed by atoms with E-state index in [2.05, 4.69) is 4.74 Å². The van der Waals surface area contributed by atoms with Gasteiger partial charge in [-0.15, -0.1) is 0 Å². The average molecular weight is 147 g/mol. The number of thioether (sulfide) groups is 1. The van der Waals surface area contributed by atoms with E-state index in [0.29, 0.717) is 0 Å². The summed E-state index contributed by atoms with van der Waals surface area (Å²) in [5.41, 5.74) is 0. The zero-order chi connectivity index (χ0) is 6.85. The first-order chi connectivity index (χ1) is 4.20. The molecular weight excluding hydrogens is 142 g/mol. The van der Waals surface area contributed by atoms with Gasteiger partial charge in [0.05, 0.1) is 0 Å². The van der Waals surface area contributed by atoms with Gasteiger partial charge >= 0.3 is 5.97 Å². The molecule has 0 bridgehead atoms. The molecule has 4 nitrogen and oxygen atoms in total. The van der Waals surface area contributed by atoms with Gasteiger partial charge in [0.1, 0.15) is 11.9 Å². The van der Waals surface area contributed by atoms with Gasteiger partial charge in [-0.25, -0.2) is 0 Å². The van der Waals surface area contributed by atoms with Crippen molar-refractivity contribution in [3.63, 3.8) is 0 Å². The van der Waals surface area contributed by atoms with E-state index in [1.165, 1.54) is 0 Å². The minimum atomic E-state index is -0.915. The number of hydrogen-bond donors (Lipinski definition) is 2. The van der Waals surface area contributed by atoms with Gasteiger partial charge in [0, 0.05) is 0 Å². The third-order valence-electron chi connectivity index (χ3n) is 0.891. The minimum Gasteiger partial charge on any atom is -0.480 e. The second kappa shape index (κ2) is 2.26. The Morgan fingerprint density at radius 3 is 2.89 bits per heavy atom. The van der Waals surface area contributed by atoms with Crippen LogP contribution in [0.2, 0.25) is 0 Å². The van der Waals surface area contributed by atoms with Crippen LogP contribution < -0.4 is 0 Å². The zero-order valence-corrected chi connectivity index (χ0v) is 5.27. The van der Waals surface area contributed by atoms with Crippen molar-refractivity contribution >= 4 is 23.0 Å². The van der Waals surface area contributed by atoms with E-state index in [4.69, 9.17) is 10.5 Å². The maximum Gasteiger partial charge on any atom is 0.320 e. The summed E-state index contributed by atoms with van der Waals surface area (Å²) in [7, 11) is 0. The topological polar surface area (TPSA) is 70.4 Å². The van der Waals surface area contributed by atoms with Crippen molar-refractivity contribution in [2.45, 2.75) is 5.25 Å². The van der Waals surface area contributed by atoms with E-state index < -0.39 is 11.2 Å². The highest BCUT2D eigenvalue weighted by molar-refractivity contribution is 8.14. The van der Waals surface area contributed by atoms with Crippen molar-refractivity contribution < 1.29 is 14.6 Å². The maximum absolute atomic E-state index is 10.1. The molecule has 0 aromatic heterocycles. The zero-order valence-electron chi connectivity index (χ0n) is 4.46. The predicted octanol–water partition coefficient (Wildman–Crippen LogP) is 0.138. The molecule has 1 atom stereocenters. The highest BCUT2D eigenvalue weighted by atomic mass is 32.2. The fourth-order valence-corrected chi connectivity index (χ4v) is 1.10. The van der Waals surface area contributed by atoms with Crippen LogP contribution in [0.3, 0.4) is 0 Å². The molecule has 1 aliphatic rings. The van der Waals surface area contributed by atoms with E-state index in [9.17, 15) is 4.79 Å². The van der Waals surface area contributed by atoms with Gasteiger partial charge in [-0.1, -0.05) is 0 Å². The molecule has 9 heavy (non-hydrogen) atoms. The third-order valence-corrected chi connectivity index (χ3v) is 1.84. The van der Waals surface area contributed by atoms with Crippen LogP contribution in [0.1, 0.15) is 0 Å². The Morgan fingerprint density at radius 2 is 2.67 bits per heavy atom. The number of carboxylic acid groups (broad SMARTS) is 1. The highest BCUT2D eigenvalue weighted by Gasteiger charge is 2.28. The van der Waals surface area contributed by atoms with Gasteiger partial charge in [0.2, 0.25) is 5.23 Å². The Bertz CT molecular complexity index is 158. The second-order valence-electron chi connectivity index (χ2n) is 1.54. The molecule has 1 heterocycles. The number of nitrogens with one attached hydrogen (secondary N) is 1. The summed E-state index contributed by atoms with van der Waals surface area (Å²) in [4.78, 5) is 10.1. The van der Waals surface area contributed by atoms with E-state index in [1.54, 1.807) is 0 Å². The lowest BCUT2D eigenvalue weighted by Gasteiger charge is -1.92. The Morgan fingerprint density at radius 1 is 2.00 bits per heavy atom. The Balaban J connectivity index is 2.48. The van der Waals surface area contributed by atoms with Gasteiger partial charge in [0.15, 0.2) is 0 Å². The molecule has 0 aliphatic carbocycles. The molecule has 0 spiro atoms. The quantitative estimate of drug-likeness (QED) is 0.553. The van der Waals surface area contributed by atoms with Crippen LogP contribution in [0, 0.1) is 5.41 Å². The summed E-state index contributed by atoms with van der Waals surface area (Å²) in [6.07, 6.45) is 0. The second-order valence-corrected chi connectivity index (χ2v) is 2.72. The molecule has 5 heteroatoms. The Kier molecular flexibility index (Phi) is 1.61. The molecule has 0 saturated carbocycles. The van der Waals surface area contributed by atoms with Gasteiger partial charge in [-0.2, -0.15) is 0 Å². The molecule has 1 unspecified atom stereocenters. The normalized spacial score (nSPS) is 25.8. The number of aliphatic carboxylic acids is 1. The summed E-state index contributed by atoms with van der Waals surface area (Å²) >= 11 is 0.935. The lowest BCUT2D eigenvalue weighted by Crippen LogP contribution is -2.16. The number of carboxylic acids is 1. The first-order valence-electron chi connectivity index (χ1n) is 2.31. The van der Waals surface area contributed by atoms with Crippen molar-refractivity contribution in [1.29, 1.82) is 5.41 Å². The van der Waals surface area contributed by atoms with Crippen LogP contribution in [0.25, 0.3) is 0 Å². The molecule has 0 aromatic rings. The standard InChI is InChI=1S/C4H5NO3S/c5-4-8-1-2(9-4)3(6)7/h2,5H,1H2,(H,6,7). The Labute approximate surface area is 55.7 Å². The molecule has 1 saturated heterocycles. The smallest absolute Gasteiger partial charge is 0.320 e. The van der Waals surface area contributed by atoms with Crippen LogP contribution in [0.5, 0.6) is 0 Å². The van der Waals surface area contributed by atoms with E-state index in [1.807, 2.05) is 0 Å². The Hall–Kier alpha value is -0.710. The van der Waals surface area contributed by atoms with E-state index in [0.717, 1.165) is 11.8 Å². The number of rotatable bonds is 1. The van der Waals surface area contributed by atoms with Crippen molar-refractivity contribution in [2.24, 2.45) is 0 Å². The van der Waals surface area contributed by atoms with Gasteiger partial charge in [-0.05, 0) is 11.8 Å². The number of carbonyl (C=O) groups is 1. The summed E-state index contributed by atoms with van der Waals surface area (Å²) in [6, 6.07) is 0. The third kappa shape index (κ3) is 1.35. The molecule has 1 rings (SSSR count). The molecular formula is C4H5NO3S. The monoisotopic (exact) mass is 147 g/mol. The fraction of sp³-hybridized carbons (Fsp3) is 0.500. The summed E-state index contributed by atoms with van der Waals surface area (Å²) < 4.78 is 4.59. The van der Waals surface area contributed by atoms with E-state index in [-0.39, 0.29) is 11.8 Å². The highest BCUT2D eigenvalue weighted by Crippen LogP contribution is 2.20. The van der Waals surface area contributed by atoms with Crippen LogP contribution in [0.4, 0.5) is 0 Å². The maximum atomic E-state index is 10.1. The molecule has 0 aromatic carbocycles. The molecule has 50 valence electrons. The van der Waals surface area contributed by atoms with Gasteiger partial charge < -0.3 is 9.84 Å². The van der Waals surface area contributed by atoms with Crippen molar-refractivity contribution in [2.75, 3.05) is 6.61 Å². The fourth-order valence-electron chi connectivity index (χ4n) is 0.470. The van der Waals surface area contributed by atoms with Gasteiger partial charge in [-0.3, -0.25) is 10.2 Å². The van der Waals surface area contributed by atoms with Gasteiger partial charge in [0.25, 0.3) is 0 Å². The van der Waals surface area contributed by atoms with Crippen LogP contribution in [0.15, 0.2) is 0 Å². The summed E-state index contributed by atoms with van der Waals surface area (Å²) in [6.45, 7) is 0.124. The van der Waals surface area contributed by atoms with Crippen molar-refractivity contribution in [3.05, 3.63) is 0 Å². The lowest BCUT2D eigenvalue weighted by atomic mass is 10.5. The number of hydrogen-bond acceptors (Lipinski definition) is 4. The van der Waals surface area contributed by atoms with E-state index >= 15 is 0 Å². The molecule has 0 amide bonds. The van der Waals surface area contributed by atoms with Crippen LogP contribution in [-0.2, 0) is 9.53 Å². The largest absolute Gasteiger partial charge is 0.480 e. The average Bonchev–Trinajstić information content (AvgIpc) is 2.14. The molecule has 1 fully saturated rings. The summed E-state index contributed by atoms with van der Waals surface area (Å²) in [5, 5.41) is 14.6. The van der Waals surface area contributed by atoms with Crippen molar-refractivity contribution in [3.8, 4) is 0 Å². The SMILES string of the molecule is N=C1OCC(C(=O)O)S1. The van der Waals surface area contributed by atoms with Crippen molar-refractivity contribution in [1.82, 2.24) is 0 Å². The summed E-state index contributed by atoms with van der Waals surface area (Å²) in [5.74, 6) is -0.915.